The van der Waals surface area contributed by atoms with Crippen LogP contribution in [0.15, 0.2) is 0 Å². The SMILES string of the molecule is CC1OCCC1S(=O)CCNC(C)(C)C. The van der Waals surface area contributed by atoms with Crippen molar-refractivity contribution < 1.29 is 8.95 Å². The van der Waals surface area contributed by atoms with E-state index in [0.717, 1.165) is 25.3 Å². The van der Waals surface area contributed by atoms with Crippen molar-refractivity contribution in [1.82, 2.24) is 5.32 Å². The molecule has 1 rings (SSSR count). The Bertz CT molecular complexity index is 225. The molecule has 0 aromatic carbocycles. The summed E-state index contributed by atoms with van der Waals surface area (Å²) in [6.45, 7) is 9.97. The first-order chi connectivity index (χ1) is 6.90. The average Bonchev–Trinajstić information content (AvgIpc) is 2.48. The molecule has 3 unspecified atom stereocenters. The molecule has 1 fully saturated rings. The van der Waals surface area contributed by atoms with Crippen LogP contribution in [0.5, 0.6) is 0 Å². The molecule has 1 heterocycles. The third-order valence-electron chi connectivity index (χ3n) is 2.60. The molecule has 3 nitrogen and oxygen atoms in total. The summed E-state index contributed by atoms with van der Waals surface area (Å²) >= 11 is 0. The summed E-state index contributed by atoms with van der Waals surface area (Å²) in [6.07, 6.45) is 1.11. The maximum atomic E-state index is 11.9. The van der Waals surface area contributed by atoms with Gasteiger partial charge in [-0.2, -0.15) is 0 Å². The third kappa shape index (κ3) is 4.62. The van der Waals surface area contributed by atoms with E-state index in [1.165, 1.54) is 0 Å². The summed E-state index contributed by atoms with van der Waals surface area (Å²) in [7, 11) is -0.748. The van der Waals surface area contributed by atoms with E-state index < -0.39 is 10.8 Å². The number of ether oxygens (including phenoxy) is 1. The molecule has 1 aliphatic heterocycles. The lowest BCUT2D eigenvalue weighted by molar-refractivity contribution is 0.127. The van der Waals surface area contributed by atoms with E-state index in [2.05, 4.69) is 26.1 Å². The molecule has 3 atom stereocenters. The lowest BCUT2D eigenvalue weighted by Gasteiger charge is -2.21. The standard InChI is InChI=1S/C11H23NO2S/c1-9-10(5-7-14-9)15(13)8-6-12-11(2,3)4/h9-10,12H,5-8H2,1-4H3. The van der Waals surface area contributed by atoms with Crippen molar-refractivity contribution in [3.8, 4) is 0 Å². The summed E-state index contributed by atoms with van der Waals surface area (Å²) < 4.78 is 17.4. The topological polar surface area (TPSA) is 38.3 Å². The molecule has 0 saturated carbocycles. The molecule has 15 heavy (non-hydrogen) atoms. The zero-order chi connectivity index (χ0) is 11.5. The number of rotatable bonds is 4. The summed E-state index contributed by atoms with van der Waals surface area (Å²) in [4.78, 5) is 0. The zero-order valence-corrected chi connectivity index (χ0v) is 11.0. The second kappa shape index (κ2) is 5.41. The minimum atomic E-state index is -0.748. The van der Waals surface area contributed by atoms with Crippen molar-refractivity contribution in [2.45, 2.75) is 51.0 Å². The molecule has 90 valence electrons. The second-order valence-electron chi connectivity index (χ2n) is 5.16. The molecule has 0 aliphatic carbocycles. The Kier molecular flexibility index (Phi) is 4.74. The van der Waals surface area contributed by atoms with Crippen molar-refractivity contribution in [1.29, 1.82) is 0 Å². The van der Waals surface area contributed by atoms with Crippen LogP contribution in [0.2, 0.25) is 0 Å². The van der Waals surface area contributed by atoms with Crippen LogP contribution in [0.4, 0.5) is 0 Å². The molecule has 0 radical (unpaired) electrons. The van der Waals surface area contributed by atoms with Crippen molar-refractivity contribution in [3.63, 3.8) is 0 Å². The first-order valence-corrected chi connectivity index (χ1v) is 7.02. The molecule has 0 aromatic heterocycles. The van der Waals surface area contributed by atoms with Crippen LogP contribution >= 0.6 is 0 Å². The highest BCUT2D eigenvalue weighted by molar-refractivity contribution is 7.85. The van der Waals surface area contributed by atoms with Crippen LogP contribution in [0, 0.1) is 0 Å². The average molecular weight is 233 g/mol. The smallest absolute Gasteiger partial charge is 0.0691 e. The first-order valence-electron chi connectivity index (χ1n) is 5.64. The lowest BCUT2D eigenvalue weighted by Crippen LogP contribution is -2.39. The van der Waals surface area contributed by atoms with Crippen molar-refractivity contribution in [2.24, 2.45) is 0 Å². The van der Waals surface area contributed by atoms with Crippen LogP contribution < -0.4 is 5.32 Å². The van der Waals surface area contributed by atoms with Gasteiger partial charge in [-0.05, 0) is 34.1 Å². The van der Waals surface area contributed by atoms with Gasteiger partial charge in [-0.25, -0.2) is 0 Å². The Balaban J connectivity index is 2.24. The molecule has 1 aliphatic rings. The van der Waals surface area contributed by atoms with Gasteiger partial charge in [0.1, 0.15) is 0 Å². The molecule has 0 bridgehead atoms. The number of hydrogen-bond acceptors (Lipinski definition) is 3. The third-order valence-corrected chi connectivity index (χ3v) is 4.50. The van der Waals surface area contributed by atoms with E-state index in [0.29, 0.717) is 0 Å². The van der Waals surface area contributed by atoms with Gasteiger partial charge in [0, 0.05) is 35.2 Å². The van der Waals surface area contributed by atoms with E-state index in [9.17, 15) is 4.21 Å². The van der Waals surface area contributed by atoms with E-state index >= 15 is 0 Å². The maximum absolute atomic E-state index is 11.9. The molecular formula is C11H23NO2S. The fraction of sp³-hybridized carbons (Fsp3) is 1.00. The van der Waals surface area contributed by atoms with E-state index in [4.69, 9.17) is 4.74 Å². The molecule has 0 spiro atoms. The van der Waals surface area contributed by atoms with Gasteiger partial charge in [0.25, 0.3) is 0 Å². The lowest BCUT2D eigenvalue weighted by atomic mass is 10.1. The normalized spacial score (nSPS) is 29.3. The Hall–Kier alpha value is 0.0700. The van der Waals surface area contributed by atoms with Crippen LogP contribution in [0.25, 0.3) is 0 Å². The van der Waals surface area contributed by atoms with Crippen LogP contribution in [-0.2, 0) is 15.5 Å². The van der Waals surface area contributed by atoms with E-state index in [1.807, 2.05) is 6.92 Å². The van der Waals surface area contributed by atoms with E-state index in [-0.39, 0.29) is 16.9 Å². The molecule has 0 aromatic rings. The highest BCUT2D eigenvalue weighted by Gasteiger charge is 2.29. The van der Waals surface area contributed by atoms with Gasteiger partial charge in [-0.15, -0.1) is 0 Å². The number of nitrogens with one attached hydrogen (secondary N) is 1. The van der Waals surface area contributed by atoms with Gasteiger partial charge in [0.15, 0.2) is 0 Å². The number of hydrogen-bond donors (Lipinski definition) is 1. The molecule has 1 saturated heterocycles. The summed E-state index contributed by atoms with van der Waals surface area (Å²) in [5, 5.41) is 3.60. The van der Waals surface area contributed by atoms with Crippen molar-refractivity contribution in [3.05, 3.63) is 0 Å². The predicted octanol–water partition coefficient (Wildman–Crippen LogP) is 1.30. The molecule has 0 amide bonds. The Morgan fingerprint density at radius 2 is 2.13 bits per heavy atom. The molecular weight excluding hydrogens is 210 g/mol. The van der Waals surface area contributed by atoms with Gasteiger partial charge in [0.2, 0.25) is 0 Å². The fourth-order valence-electron chi connectivity index (χ4n) is 1.74. The van der Waals surface area contributed by atoms with E-state index in [1.54, 1.807) is 0 Å². The second-order valence-corrected chi connectivity index (χ2v) is 6.94. The van der Waals surface area contributed by atoms with Crippen molar-refractivity contribution in [2.75, 3.05) is 18.9 Å². The Morgan fingerprint density at radius 1 is 1.47 bits per heavy atom. The van der Waals surface area contributed by atoms with Crippen LogP contribution in [0.1, 0.15) is 34.1 Å². The Labute approximate surface area is 95.4 Å². The van der Waals surface area contributed by atoms with Gasteiger partial charge in [0.05, 0.1) is 11.4 Å². The van der Waals surface area contributed by atoms with Crippen LogP contribution in [-0.4, -0.2) is 40.0 Å². The predicted molar refractivity (Wildman–Crippen MR) is 64.6 cm³/mol. The first kappa shape index (κ1) is 13.1. The minimum absolute atomic E-state index is 0.113. The maximum Gasteiger partial charge on any atom is 0.0691 e. The van der Waals surface area contributed by atoms with Gasteiger partial charge in [-0.1, -0.05) is 0 Å². The Morgan fingerprint density at radius 3 is 2.60 bits per heavy atom. The van der Waals surface area contributed by atoms with Gasteiger partial charge in [-0.3, -0.25) is 4.21 Å². The minimum Gasteiger partial charge on any atom is -0.377 e. The monoisotopic (exact) mass is 233 g/mol. The van der Waals surface area contributed by atoms with Crippen molar-refractivity contribution >= 4 is 10.8 Å². The zero-order valence-electron chi connectivity index (χ0n) is 10.2. The highest BCUT2D eigenvalue weighted by atomic mass is 32.2. The largest absolute Gasteiger partial charge is 0.377 e. The quantitative estimate of drug-likeness (QED) is 0.795. The molecule has 1 N–H and O–H groups in total. The van der Waals surface area contributed by atoms with Gasteiger partial charge >= 0.3 is 0 Å². The molecule has 4 heteroatoms. The van der Waals surface area contributed by atoms with Crippen LogP contribution in [0.3, 0.4) is 0 Å². The fourth-order valence-corrected chi connectivity index (χ4v) is 3.21. The van der Waals surface area contributed by atoms with Gasteiger partial charge < -0.3 is 10.1 Å². The highest BCUT2D eigenvalue weighted by Crippen LogP contribution is 2.18. The summed E-state index contributed by atoms with van der Waals surface area (Å²) in [5.41, 5.74) is 0.113. The summed E-state index contributed by atoms with van der Waals surface area (Å²) in [6, 6.07) is 0. The summed E-state index contributed by atoms with van der Waals surface area (Å²) in [5.74, 6) is 0.732.